The van der Waals surface area contributed by atoms with Crippen LogP contribution in [0, 0.1) is 5.92 Å². The monoisotopic (exact) mass is 366 g/mol. The first-order valence-electron chi connectivity index (χ1n) is 10.1. The highest BCUT2D eigenvalue weighted by Gasteiger charge is 2.37. The molecule has 0 spiro atoms. The number of fused-ring (bicyclic) bond motifs is 1. The van der Waals surface area contributed by atoms with Crippen LogP contribution in [0.25, 0.3) is 0 Å². The standard InChI is InChI=1S/C23H30N2O2/c1-3-20(23-21-7-5-4-6-17(21)12-15-27-23)22-16-24-13-14-25(22)18-8-10-19(26-2)11-9-18/h4-11,20,22-24H,3,12-16H2,1-2H3. The third-order valence-electron chi connectivity index (χ3n) is 6.07. The summed E-state index contributed by atoms with van der Waals surface area (Å²) in [5, 5.41) is 3.61. The number of nitrogens with one attached hydrogen (secondary N) is 1. The van der Waals surface area contributed by atoms with Gasteiger partial charge in [0.15, 0.2) is 0 Å². The van der Waals surface area contributed by atoms with E-state index >= 15 is 0 Å². The molecule has 1 N–H and O–H groups in total. The lowest BCUT2D eigenvalue weighted by Gasteiger charge is -2.45. The fourth-order valence-electron chi connectivity index (χ4n) is 4.67. The number of ether oxygens (including phenoxy) is 2. The van der Waals surface area contributed by atoms with Crippen molar-refractivity contribution in [2.45, 2.75) is 31.9 Å². The highest BCUT2D eigenvalue weighted by atomic mass is 16.5. The fourth-order valence-corrected chi connectivity index (χ4v) is 4.67. The zero-order valence-electron chi connectivity index (χ0n) is 16.4. The van der Waals surface area contributed by atoms with Crippen molar-refractivity contribution in [2.24, 2.45) is 5.92 Å². The average molecular weight is 367 g/mol. The molecule has 4 rings (SSSR count). The molecule has 2 aromatic rings. The van der Waals surface area contributed by atoms with E-state index in [1.54, 1.807) is 7.11 Å². The molecule has 3 unspecified atom stereocenters. The van der Waals surface area contributed by atoms with E-state index < -0.39 is 0 Å². The third-order valence-corrected chi connectivity index (χ3v) is 6.07. The van der Waals surface area contributed by atoms with Crippen LogP contribution in [-0.2, 0) is 11.2 Å². The van der Waals surface area contributed by atoms with Crippen LogP contribution in [-0.4, -0.2) is 39.4 Å². The van der Waals surface area contributed by atoms with Crippen molar-refractivity contribution in [1.82, 2.24) is 5.32 Å². The number of benzene rings is 2. The maximum Gasteiger partial charge on any atom is 0.119 e. The Kier molecular flexibility index (Phi) is 5.65. The van der Waals surface area contributed by atoms with Crippen LogP contribution in [0.1, 0.15) is 30.6 Å². The Morgan fingerprint density at radius 3 is 2.78 bits per heavy atom. The molecule has 2 aromatic carbocycles. The van der Waals surface area contributed by atoms with Gasteiger partial charge in [0.1, 0.15) is 5.75 Å². The Hall–Kier alpha value is -2.04. The number of rotatable bonds is 5. The van der Waals surface area contributed by atoms with E-state index in [1.807, 2.05) is 0 Å². The first-order valence-corrected chi connectivity index (χ1v) is 10.1. The minimum absolute atomic E-state index is 0.172. The van der Waals surface area contributed by atoms with E-state index in [-0.39, 0.29) is 6.10 Å². The molecule has 27 heavy (non-hydrogen) atoms. The Balaban J connectivity index is 1.63. The highest BCUT2D eigenvalue weighted by molar-refractivity contribution is 5.51. The molecule has 3 atom stereocenters. The zero-order valence-corrected chi connectivity index (χ0v) is 16.4. The van der Waals surface area contributed by atoms with Gasteiger partial charge in [-0.3, -0.25) is 0 Å². The number of anilines is 1. The van der Waals surface area contributed by atoms with Gasteiger partial charge in [0, 0.05) is 37.3 Å². The molecule has 0 bridgehead atoms. The van der Waals surface area contributed by atoms with E-state index in [0.29, 0.717) is 12.0 Å². The summed E-state index contributed by atoms with van der Waals surface area (Å²) in [6.07, 6.45) is 2.29. The Labute approximate surface area is 162 Å². The first-order chi connectivity index (χ1) is 13.3. The van der Waals surface area contributed by atoms with E-state index in [0.717, 1.165) is 44.8 Å². The minimum Gasteiger partial charge on any atom is -0.497 e. The molecular formula is C23H30N2O2. The third kappa shape index (κ3) is 3.69. The molecule has 0 saturated carbocycles. The SMILES string of the molecule is CCC(C1OCCc2ccccc21)C1CNCCN1c1ccc(OC)cc1. The summed E-state index contributed by atoms with van der Waals surface area (Å²) in [6, 6.07) is 17.7. The summed E-state index contributed by atoms with van der Waals surface area (Å²) in [7, 11) is 1.72. The summed E-state index contributed by atoms with van der Waals surface area (Å²) in [4.78, 5) is 2.56. The largest absolute Gasteiger partial charge is 0.497 e. The average Bonchev–Trinajstić information content (AvgIpc) is 2.75. The van der Waals surface area contributed by atoms with Gasteiger partial charge in [-0.25, -0.2) is 0 Å². The first kappa shape index (κ1) is 18.3. The molecule has 0 aliphatic carbocycles. The van der Waals surface area contributed by atoms with Crippen LogP contribution in [0.3, 0.4) is 0 Å². The lowest BCUT2D eigenvalue weighted by Crippen LogP contribution is -2.56. The van der Waals surface area contributed by atoms with E-state index in [4.69, 9.17) is 9.47 Å². The van der Waals surface area contributed by atoms with Gasteiger partial charge in [-0.2, -0.15) is 0 Å². The van der Waals surface area contributed by atoms with Crippen molar-refractivity contribution >= 4 is 5.69 Å². The van der Waals surface area contributed by atoms with E-state index in [2.05, 4.69) is 65.7 Å². The molecule has 144 valence electrons. The molecule has 1 saturated heterocycles. The van der Waals surface area contributed by atoms with Crippen LogP contribution < -0.4 is 15.0 Å². The van der Waals surface area contributed by atoms with Crippen molar-refractivity contribution in [3.05, 3.63) is 59.7 Å². The van der Waals surface area contributed by atoms with Gasteiger partial charge >= 0.3 is 0 Å². The molecule has 2 heterocycles. The van der Waals surface area contributed by atoms with Gasteiger partial charge in [0.2, 0.25) is 0 Å². The molecule has 4 nitrogen and oxygen atoms in total. The Morgan fingerprint density at radius 1 is 1.19 bits per heavy atom. The van der Waals surface area contributed by atoms with Crippen LogP contribution in [0.5, 0.6) is 5.75 Å². The summed E-state index contributed by atoms with van der Waals surface area (Å²) < 4.78 is 11.7. The second-order valence-electron chi connectivity index (χ2n) is 7.48. The van der Waals surface area contributed by atoms with Gasteiger partial charge in [0.25, 0.3) is 0 Å². The van der Waals surface area contributed by atoms with Gasteiger partial charge in [-0.15, -0.1) is 0 Å². The fraction of sp³-hybridized carbons (Fsp3) is 0.478. The lowest BCUT2D eigenvalue weighted by molar-refractivity contribution is -0.0102. The van der Waals surface area contributed by atoms with Crippen LogP contribution in [0.4, 0.5) is 5.69 Å². The molecule has 1 fully saturated rings. The van der Waals surface area contributed by atoms with Crippen LogP contribution >= 0.6 is 0 Å². The molecule has 0 amide bonds. The predicted octanol–water partition coefficient (Wildman–Crippen LogP) is 3.81. The maximum absolute atomic E-state index is 6.36. The molecular weight excluding hydrogens is 336 g/mol. The minimum atomic E-state index is 0.172. The second-order valence-corrected chi connectivity index (χ2v) is 7.48. The number of methoxy groups -OCH3 is 1. The van der Waals surface area contributed by atoms with Crippen molar-refractivity contribution in [1.29, 1.82) is 0 Å². The molecule has 2 aliphatic heterocycles. The second kappa shape index (κ2) is 8.32. The van der Waals surface area contributed by atoms with Gasteiger partial charge in [0.05, 0.1) is 19.8 Å². The number of hydrogen-bond donors (Lipinski definition) is 1. The topological polar surface area (TPSA) is 33.7 Å². The summed E-state index contributed by atoms with van der Waals surface area (Å²) in [5.74, 6) is 1.35. The van der Waals surface area contributed by atoms with Crippen LogP contribution in [0.15, 0.2) is 48.5 Å². The zero-order chi connectivity index (χ0) is 18.6. The molecule has 2 aliphatic rings. The number of nitrogens with zero attached hydrogens (tertiary/aromatic N) is 1. The number of piperazine rings is 1. The highest BCUT2D eigenvalue weighted by Crippen LogP contribution is 2.39. The quantitative estimate of drug-likeness (QED) is 0.872. The molecule has 4 heteroatoms. The van der Waals surface area contributed by atoms with Crippen molar-refractivity contribution in [3.8, 4) is 5.75 Å². The van der Waals surface area contributed by atoms with Gasteiger partial charge in [-0.05, 0) is 48.2 Å². The summed E-state index contributed by atoms with van der Waals surface area (Å²) in [6.45, 7) is 6.14. The van der Waals surface area contributed by atoms with E-state index in [1.165, 1.54) is 16.8 Å². The van der Waals surface area contributed by atoms with Crippen molar-refractivity contribution in [2.75, 3.05) is 38.3 Å². The van der Waals surface area contributed by atoms with E-state index in [9.17, 15) is 0 Å². The Bertz CT molecular complexity index is 746. The Morgan fingerprint density at radius 2 is 2.00 bits per heavy atom. The smallest absolute Gasteiger partial charge is 0.119 e. The number of hydrogen-bond acceptors (Lipinski definition) is 4. The van der Waals surface area contributed by atoms with Crippen molar-refractivity contribution < 1.29 is 9.47 Å². The summed E-state index contributed by atoms with van der Waals surface area (Å²) in [5.41, 5.74) is 4.10. The molecule has 0 radical (unpaired) electrons. The summed E-state index contributed by atoms with van der Waals surface area (Å²) >= 11 is 0. The molecule has 0 aromatic heterocycles. The normalized spacial score (nSPS) is 23.6. The van der Waals surface area contributed by atoms with Gasteiger partial charge in [-0.1, -0.05) is 31.2 Å². The van der Waals surface area contributed by atoms with Gasteiger partial charge < -0.3 is 19.7 Å². The lowest BCUT2D eigenvalue weighted by atomic mass is 9.82. The predicted molar refractivity (Wildman–Crippen MR) is 110 cm³/mol. The maximum atomic E-state index is 6.36. The van der Waals surface area contributed by atoms with Crippen molar-refractivity contribution in [3.63, 3.8) is 0 Å². The van der Waals surface area contributed by atoms with Crippen LogP contribution in [0.2, 0.25) is 0 Å².